The van der Waals surface area contributed by atoms with Crippen LogP contribution < -0.4 is 11.2 Å². The Kier molecular flexibility index (Phi) is 3.63. The van der Waals surface area contributed by atoms with Crippen molar-refractivity contribution >= 4 is 22.9 Å². The van der Waals surface area contributed by atoms with Crippen LogP contribution >= 0.6 is 22.9 Å². The normalized spacial score (nSPS) is 10.8. The maximum absolute atomic E-state index is 13.3. The minimum Gasteiger partial charge on any atom is -0.295 e. The zero-order valence-electron chi connectivity index (χ0n) is 9.37. The summed E-state index contributed by atoms with van der Waals surface area (Å²) in [7, 11) is 0. The molecule has 0 saturated heterocycles. The predicted molar refractivity (Wildman–Crippen MR) is 66.8 cm³/mol. The van der Waals surface area contributed by atoms with Gasteiger partial charge >= 0.3 is 5.69 Å². The molecule has 1 N–H and O–H groups in total. The highest BCUT2D eigenvalue weighted by Crippen LogP contribution is 2.08. The molecule has 2 rings (SSSR count). The molecule has 0 aromatic carbocycles. The van der Waals surface area contributed by atoms with Gasteiger partial charge in [0.15, 0.2) is 5.15 Å². The first-order valence-corrected chi connectivity index (χ1v) is 6.34. The van der Waals surface area contributed by atoms with Crippen molar-refractivity contribution in [3.8, 4) is 0 Å². The molecule has 0 amide bonds. The van der Waals surface area contributed by atoms with E-state index >= 15 is 0 Å². The van der Waals surface area contributed by atoms with Crippen LogP contribution in [0.2, 0.25) is 5.15 Å². The van der Waals surface area contributed by atoms with E-state index < -0.39 is 22.2 Å². The van der Waals surface area contributed by atoms with Crippen molar-refractivity contribution in [2.75, 3.05) is 0 Å². The van der Waals surface area contributed by atoms with E-state index in [2.05, 4.69) is 9.97 Å². The molecule has 5 nitrogen and oxygen atoms in total. The van der Waals surface area contributed by atoms with Gasteiger partial charge in [-0.05, 0) is 6.92 Å². The quantitative estimate of drug-likeness (QED) is 0.867. The van der Waals surface area contributed by atoms with Crippen LogP contribution in [-0.2, 0) is 13.0 Å². The van der Waals surface area contributed by atoms with E-state index in [1.807, 2.05) is 12.3 Å². The first kappa shape index (κ1) is 13.0. The first-order chi connectivity index (χ1) is 8.49. The van der Waals surface area contributed by atoms with E-state index in [0.29, 0.717) is 6.42 Å². The number of aryl methyl sites for hydroxylation is 2. The van der Waals surface area contributed by atoms with E-state index in [1.54, 1.807) is 0 Å². The van der Waals surface area contributed by atoms with Gasteiger partial charge in [0, 0.05) is 18.3 Å². The lowest BCUT2D eigenvalue weighted by atomic mass is 10.3. The topological polar surface area (TPSA) is 67.8 Å². The Hall–Kier alpha value is -1.47. The Labute approximate surface area is 110 Å². The molecule has 2 aromatic heterocycles. The van der Waals surface area contributed by atoms with Crippen LogP contribution in [0, 0.1) is 12.7 Å². The average Bonchev–Trinajstić information content (AvgIpc) is 2.72. The summed E-state index contributed by atoms with van der Waals surface area (Å²) in [5.74, 6) is -1.15. The van der Waals surface area contributed by atoms with Crippen molar-refractivity contribution < 1.29 is 4.39 Å². The fourth-order valence-corrected chi connectivity index (χ4v) is 2.28. The standard InChI is InChI=1S/C10H9ClFN3O2S/c1-5-13-6(4-18-5)2-3-15-9(16)7(12)8(11)14-10(15)17/h4H,2-3H2,1H3,(H,14,17). The second-order valence-corrected chi connectivity index (χ2v) is 5.06. The summed E-state index contributed by atoms with van der Waals surface area (Å²) in [5.41, 5.74) is -0.979. The molecule has 0 saturated carbocycles. The van der Waals surface area contributed by atoms with Gasteiger partial charge in [-0.15, -0.1) is 11.3 Å². The van der Waals surface area contributed by atoms with Gasteiger partial charge in [0.25, 0.3) is 5.56 Å². The molecule has 0 radical (unpaired) electrons. The molecule has 2 heterocycles. The van der Waals surface area contributed by atoms with Crippen molar-refractivity contribution in [2.45, 2.75) is 19.9 Å². The molecule has 18 heavy (non-hydrogen) atoms. The van der Waals surface area contributed by atoms with Crippen LogP contribution in [-0.4, -0.2) is 14.5 Å². The lowest BCUT2D eigenvalue weighted by Gasteiger charge is -2.03. The number of H-pyrrole nitrogens is 1. The van der Waals surface area contributed by atoms with Crippen molar-refractivity contribution in [1.82, 2.24) is 14.5 Å². The average molecular weight is 290 g/mol. The highest BCUT2D eigenvalue weighted by atomic mass is 35.5. The molecule has 0 aliphatic carbocycles. The Morgan fingerprint density at radius 3 is 2.89 bits per heavy atom. The summed E-state index contributed by atoms with van der Waals surface area (Å²) in [6.07, 6.45) is 0.383. The van der Waals surface area contributed by atoms with Gasteiger partial charge < -0.3 is 0 Å². The zero-order chi connectivity index (χ0) is 13.3. The SMILES string of the molecule is Cc1nc(CCn2c(=O)[nH]c(Cl)c(F)c2=O)cs1. The molecule has 96 valence electrons. The zero-order valence-corrected chi connectivity index (χ0v) is 10.9. The molecule has 0 fully saturated rings. The monoisotopic (exact) mass is 289 g/mol. The number of nitrogens with zero attached hydrogens (tertiary/aromatic N) is 2. The van der Waals surface area contributed by atoms with Crippen LogP contribution in [0.15, 0.2) is 15.0 Å². The van der Waals surface area contributed by atoms with E-state index in [1.165, 1.54) is 11.3 Å². The van der Waals surface area contributed by atoms with Crippen molar-refractivity contribution in [3.63, 3.8) is 0 Å². The third-order valence-corrected chi connectivity index (χ3v) is 3.43. The molecule has 0 bridgehead atoms. The fourth-order valence-electron chi connectivity index (χ4n) is 1.47. The second-order valence-electron chi connectivity index (χ2n) is 3.62. The highest BCUT2D eigenvalue weighted by Gasteiger charge is 2.12. The van der Waals surface area contributed by atoms with Crippen LogP contribution in [0.5, 0.6) is 0 Å². The Morgan fingerprint density at radius 2 is 2.28 bits per heavy atom. The minimum atomic E-state index is -1.15. The number of hydrogen-bond acceptors (Lipinski definition) is 4. The third-order valence-electron chi connectivity index (χ3n) is 2.35. The number of thiazole rings is 1. The number of aromatic amines is 1. The van der Waals surface area contributed by atoms with Gasteiger partial charge in [-0.1, -0.05) is 11.6 Å². The summed E-state index contributed by atoms with van der Waals surface area (Å²) >= 11 is 6.83. The number of aromatic nitrogens is 3. The molecular weight excluding hydrogens is 281 g/mol. The number of rotatable bonds is 3. The molecular formula is C10H9ClFN3O2S. The van der Waals surface area contributed by atoms with Gasteiger partial charge in [-0.3, -0.25) is 14.3 Å². The van der Waals surface area contributed by atoms with Gasteiger partial charge in [0.2, 0.25) is 5.82 Å². The molecule has 0 unspecified atom stereocenters. The third kappa shape index (κ3) is 2.51. The molecule has 0 aliphatic heterocycles. The molecule has 2 aromatic rings. The number of hydrogen-bond donors (Lipinski definition) is 1. The summed E-state index contributed by atoms with van der Waals surface area (Å²) in [6.45, 7) is 1.92. The summed E-state index contributed by atoms with van der Waals surface area (Å²) in [5, 5.41) is 2.17. The van der Waals surface area contributed by atoms with Gasteiger partial charge in [-0.2, -0.15) is 4.39 Å². The first-order valence-electron chi connectivity index (χ1n) is 5.08. The van der Waals surface area contributed by atoms with Gasteiger partial charge in [-0.25, -0.2) is 9.78 Å². The summed E-state index contributed by atoms with van der Waals surface area (Å²) in [4.78, 5) is 29.2. The van der Waals surface area contributed by atoms with Crippen LogP contribution in [0.25, 0.3) is 0 Å². The van der Waals surface area contributed by atoms with E-state index in [-0.39, 0.29) is 6.54 Å². The molecule has 0 aliphatic rings. The Morgan fingerprint density at radius 1 is 1.56 bits per heavy atom. The second kappa shape index (κ2) is 5.03. The van der Waals surface area contributed by atoms with Crippen molar-refractivity contribution in [1.29, 1.82) is 0 Å². The highest BCUT2D eigenvalue weighted by molar-refractivity contribution is 7.09. The maximum Gasteiger partial charge on any atom is 0.329 e. The Bertz CT molecular complexity index is 691. The van der Waals surface area contributed by atoms with Crippen molar-refractivity contribution in [2.24, 2.45) is 0 Å². The molecule has 0 atom stereocenters. The fraction of sp³-hybridized carbons (Fsp3) is 0.300. The lowest BCUT2D eigenvalue weighted by molar-refractivity contribution is 0.537. The largest absolute Gasteiger partial charge is 0.329 e. The summed E-state index contributed by atoms with van der Waals surface area (Å²) in [6, 6.07) is 0. The molecule has 8 heteroatoms. The molecule has 0 spiro atoms. The summed E-state index contributed by atoms with van der Waals surface area (Å²) < 4.78 is 14.0. The van der Waals surface area contributed by atoms with Crippen LogP contribution in [0.1, 0.15) is 10.7 Å². The van der Waals surface area contributed by atoms with Gasteiger partial charge in [0.1, 0.15) is 0 Å². The number of nitrogens with one attached hydrogen (secondary N) is 1. The predicted octanol–water partition coefficient (Wildman–Crippen LogP) is 1.34. The van der Waals surface area contributed by atoms with Gasteiger partial charge in [0.05, 0.1) is 10.7 Å². The van der Waals surface area contributed by atoms with E-state index in [4.69, 9.17) is 11.6 Å². The smallest absolute Gasteiger partial charge is 0.295 e. The minimum absolute atomic E-state index is 0.0609. The van der Waals surface area contributed by atoms with E-state index in [9.17, 15) is 14.0 Å². The Balaban J connectivity index is 2.28. The maximum atomic E-state index is 13.3. The van der Waals surface area contributed by atoms with Crippen LogP contribution in [0.3, 0.4) is 0 Å². The van der Waals surface area contributed by atoms with E-state index in [0.717, 1.165) is 15.3 Å². The van der Waals surface area contributed by atoms with Crippen molar-refractivity contribution in [3.05, 3.63) is 47.9 Å². The number of halogens is 2. The lowest BCUT2D eigenvalue weighted by Crippen LogP contribution is -2.37. The van der Waals surface area contributed by atoms with Crippen LogP contribution in [0.4, 0.5) is 4.39 Å².